The van der Waals surface area contributed by atoms with Crippen molar-refractivity contribution in [1.82, 2.24) is 9.88 Å². The standard InChI is InChI=1S/C29H35N3OS/c33-31-28(23-8-2-1-3-9-23)26(27-13-4-5-17-30-27)15-20-32-18-7-11-22(14-19-32)25-12-6-10-24-16-21-34-29(24)25/h4-6,10,12-14,16-17,21,23,26,33H,1-3,7-9,11,15,18-20H2/b31-28+. The first-order valence-corrected chi connectivity index (χ1v) is 13.7. The van der Waals surface area contributed by atoms with Gasteiger partial charge >= 0.3 is 0 Å². The summed E-state index contributed by atoms with van der Waals surface area (Å²) in [4.78, 5) is 7.24. The fraction of sp³-hybridized carbons (Fsp3) is 0.448. The number of hydrogen-bond donors (Lipinski definition) is 1. The Kier molecular flexibility index (Phi) is 7.72. The summed E-state index contributed by atoms with van der Waals surface area (Å²) in [6, 6.07) is 15.0. The molecule has 34 heavy (non-hydrogen) atoms. The maximum atomic E-state index is 10.1. The molecule has 0 radical (unpaired) electrons. The molecular weight excluding hydrogens is 438 g/mol. The number of fused-ring (bicyclic) bond motifs is 1. The van der Waals surface area contributed by atoms with E-state index in [-0.39, 0.29) is 5.92 Å². The smallest absolute Gasteiger partial charge is 0.0692 e. The van der Waals surface area contributed by atoms with Gasteiger partial charge in [0.2, 0.25) is 0 Å². The molecule has 1 aliphatic heterocycles. The van der Waals surface area contributed by atoms with Gasteiger partial charge < -0.3 is 5.21 Å². The van der Waals surface area contributed by atoms with E-state index in [1.807, 2.05) is 23.6 Å². The van der Waals surface area contributed by atoms with Gasteiger partial charge in [-0.3, -0.25) is 9.88 Å². The van der Waals surface area contributed by atoms with E-state index < -0.39 is 0 Å². The summed E-state index contributed by atoms with van der Waals surface area (Å²) in [6.07, 6.45) is 13.6. The van der Waals surface area contributed by atoms with Crippen molar-refractivity contribution in [2.75, 3.05) is 19.6 Å². The van der Waals surface area contributed by atoms with E-state index in [9.17, 15) is 5.21 Å². The SMILES string of the molecule is O/N=C(\C1CCCCC1)C(CCN1CC=C(c2cccc3ccsc23)CCC1)c1ccccn1. The highest BCUT2D eigenvalue weighted by Gasteiger charge is 2.29. The lowest BCUT2D eigenvalue weighted by Gasteiger charge is -2.29. The van der Waals surface area contributed by atoms with Gasteiger partial charge in [0, 0.05) is 35.0 Å². The molecule has 1 saturated carbocycles. The Morgan fingerprint density at radius 3 is 2.82 bits per heavy atom. The summed E-state index contributed by atoms with van der Waals surface area (Å²) in [5, 5.41) is 17.5. The number of rotatable bonds is 7. The molecular formula is C29H35N3OS. The molecule has 2 aliphatic rings. The molecule has 1 fully saturated rings. The second kappa shape index (κ2) is 11.3. The first-order valence-electron chi connectivity index (χ1n) is 12.8. The van der Waals surface area contributed by atoms with Crippen LogP contribution in [0, 0.1) is 5.92 Å². The Labute approximate surface area is 207 Å². The van der Waals surface area contributed by atoms with Crippen LogP contribution in [0.5, 0.6) is 0 Å². The Balaban J connectivity index is 1.31. The maximum absolute atomic E-state index is 10.1. The average Bonchev–Trinajstić information content (AvgIpc) is 3.26. The zero-order valence-corrected chi connectivity index (χ0v) is 20.7. The second-order valence-electron chi connectivity index (χ2n) is 9.73. The summed E-state index contributed by atoms with van der Waals surface area (Å²) < 4.78 is 1.41. The predicted octanol–water partition coefficient (Wildman–Crippen LogP) is 7.36. The van der Waals surface area contributed by atoms with Crippen molar-refractivity contribution >= 4 is 32.7 Å². The Hall–Kier alpha value is -2.50. The third-order valence-electron chi connectivity index (χ3n) is 7.62. The molecule has 1 atom stereocenters. The molecule has 0 spiro atoms. The van der Waals surface area contributed by atoms with E-state index in [4.69, 9.17) is 0 Å². The van der Waals surface area contributed by atoms with Crippen LogP contribution in [-0.2, 0) is 0 Å². The van der Waals surface area contributed by atoms with Crippen LogP contribution in [0.1, 0.15) is 68.5 Å². The number of aromatic nitrogens is 1. The minimum Gasteiger partial charge on any atom is -0.411 e. The van der Waals surface area contributed by atoms with Gasteiger partial charge in [-0.2, -0.15) is 0 Å². The van der Waals surface area contributed by atoms with Crippen molar-refractivity contribution in [3.05, 3.63) is 71.4 Å². The van der Waals surface area contributed by atoms with Crippen LogP contribution >= 0.6 is 11.3 Å². The van der Waals surface area contributed by atoms with E-state index in [2.05, 4.69) is 62.9 Å². The third kappa shape index (κ3) is 5.26. The topological polar surface area (TPSA) is 48.7 Å². The molecule has 0 bridgehead atoms. The molecule has 0 saturated heterocycles. The van der Waals surface area contributed by atoms with Gasteiger partial charge in [0.15, 0.2) is 0 Å². The summed E-state index contributed by atoms with van der Waals surface area (Å²) in [5.74, 6) is 0.466. The summed E-state index contributed by atoms with van der Waals surface area (Å²) >= 11 is 1.85. The van der Waals surface area contributed by atoms with E-state index in [0.717, 1.165) is 56.7 Å². The highest BCUT2D eigenvalue weighted by molar-refractivity contribution is 7.17. The predicted molar refractivity (Wildman–Crippen MR) is 143 cm³/mol. The first kappa shape index (κ1) is 23.3. The molecule has 1 aliphatic carbocycles. The van der Waals surface area contributed by atoms with Crippen LogP contribution in [0.25, 0.3) is 15.7 Å². The maximum Gasteiger partial charge on any atom is 0.0692 e. The third-order valence-corrected chi connectivity index (χ3v) is 8.58. The van der Waals surface area contributed by atoms with Crippen LogP contribution in [0.4, 0.5) is 0 Å². The summed E-state index contributed by atoms with van der Waals surface area (Å²) in [5.41, 5.74) is 4.88. The molecule has 4 nitrogen and oxygen atoms in total. The molecule has 5 rings (SSSR count). The van der Waals surface area contributed by atoms with E-state index in [0.29, 0.717) is 5.92 Å². The molecule has 3 heterocycles. The highest BCUT2D eigenvalue weighted by atomic mass is 32.1. The lowest BCUT2D eigenvalue weighted by molar-refractivity contribution is 0.287. The number of pyridine rings is 1. The Morgan fingerprint density at radius 1 is 1.09 bits per heavy atom. The van der Waals surface area contributed by atoms with E-state index in [1.165, 1.54) is 46.9 Å². The zero-order valence-electron chi connectivity index (χ0n) is 19.9. The largest absolute Gasteiger partial charge is 0.411 e. The van der Waals surface area contributed by atoms with Crippen LogP contribution in [0.2, 0.25) is 0 Å². The molecule has 2 aromatic heterocycles. The number of benzene rings is 1. The molecule has 1 unspecified atom stereocenters. The molecule has 178 valence electrons. The lowest BCUT2D eigenvalue weighted by Crippen LogP contribution is -2.31. The molecule has 0 amide bonds. The molecule has 1 N–H and O–H groups in total. The molecule has 5 heteroatoms. The van der Waals surface area contributed by atoms with Crippen LogP contribution in [0.3, 0.4) is 0 Å². The van der Waals surface area contributed by atoms with Gasteiger partial charge in [0.25, 0.3) is 0 Å². The Morgan fingerprint density at radius 2 is 2.00 bits per heavy atom. The lowest BCUT2D eigenvalue weighted by atomic mass is 9.79. The van der Waals surface area contributed by atoms with E-state index in [1.54, 1.807) is 0 Å². The van der Waals surface area contributed by atoms with Crippen molar-refractivity contribution in [3.63, 3.8) is 0 Å². The average molecular weight is 474 g/mol. The van der Waals surface area contributed by atoms with Crippen molar-refractivity contribution in [2.45, 2.75) is 57.3 Å². The van der Waals surface area contributed by atoms with Crippen molar-refractivity contribution in [3.8, 4) is 0 Å². The van der Waals surface area contributed by atoms with Gasteiger partial charge in [0.05, 0.1) is 5.71 Å². The summed E-state index contributed by atoms with van der Waals surface area (Å²) in [6.45, 7) is 3.06. The van der Waals surface area contributed by atoms with E-state index >= 15 is 0 Å². The van der Waals surface area contributed by atoms with Gasteiger partial charge in [-0.05, 0) is 85.3 Å². The fourth-order valence-electron chi connectivity index (χ4n) is 5.79. The number of allylic oxidation sites excluding steroid dienone is 1. The number of hydrogen-bond acceptors (Lipinski definition) is 5. The Bertz CT molecular complexity index is 1130. The number of nitrogens with zero attached hydrogens (tertiary/aromatic N) is 3. The van der Waals surface area contributed by atoms with Crippen LogP contribution < -0.4 is 0 Å². The highest BCUT2D eigenvalue weighted by Crippen LogP contribution is 2.34. The van der Waals surface area contributed by atoms with Gasteiger partial charge in [-0.15, -0.1) is 11.3 Å². The van der Waals surface area contributed by atoms with Gasteiger partial charge in [-0.1, -0.05) is 54.8 Å². The normalized spacial score (nSPS) is 19.6. The van der Waals surface area contributed by atoms with Gasteiger partial charge in [-0.25, -0.2) is 0 Å². The molecule has 3 aromatic rings. The van der Waals surface area contributed by atoms with Crippen molar-refractivity contribution < 1.29 is 5.21 Å². The minimum atomic E-state index is 0.0841. The quantitative estimate of drug-likeness (QED) is 0.221. The summed E-state index contributed by atoms with van der Waals surface area (Å²) in [7, 11) is 0. The fourth-order valence-corrected chi connectivity index (χ4v) is 6.74. The van der Waals surface area contributed by atoms with Crippen molar-refractivity contribution in [2.24, 2.45) is 11.1 Å². The van der Waals surface area contributed by atoms with Crippen molar-refractivity contribution in [1.29, 1.82) is 0 Å². The first-order chi connectivity index (χ1) is 16.8. The monoisotopic (exact) mass is 473 g/mol. The van der Waals surface area contributed by atoms with Gasteiger partial charge in [0.1, 0.15) is 0 Å². The van der Waals surface area contributed by atoms with Crippen LogP contribution in [-0.4, -0.2) is 40.4 Å². The molecule has 1 aromatic carbocycles. The minimum absolute atomic E-state index is 0.0841. The zero-order chi connectivity index (χ0) is 23.2. The number of oxime groups is 1. The van der Waals surface area contributed by atoms with Crippen LogP contribution in [0.15, 0.2) is 65.3 Å². The second-order valence-corrected chi connectivity index (χ2v) is 10.6. The number of thiophene rings is 1.